The van der Waals surface area contributed by atoms with Gasteiger partial charge in [-0.05, 0) is 31.0 Å². The van der Waals surface area contributed by atoms with Gasteiger partial charge in [-0.1, -0.05) is 37.0 Å². The normalized spacial score (nSPS) is 13.6. The number of nitrogens with two attached hydrogens (primary N) is 1. The highest BCUT2D eigenvalue weighted by Gasteiger charge is 2.24. The van der Waals surface area contributed by atoms with E-state index in [4.69, 9.17) is 28.9 Å². The van der Waals surface area contributed by atoms with Crippen molar-refractivity contribution in [2.45, 2.75) is 32.9 Å². The second-order valence-electron chi connectivity index (χ2n) is 5.13. The van der Waals surface area contributed by atoms with Gasteiger partial charge in [-0.2, -0.15) is 0 Å². The predicted octanol–water partition coefficient (Wildman–Crippen LogP) is 2.42. The lowest BCUT2D eigenvalue weighted by Gasteiger charge is -2.22. The van der Waals surface area contributed by atoms with Crippen LogP contribution in [0.4, 0.5) is 5.69 Å². The van der Waals surface area contributed by atoms with E-state index in [1.807, 2.05) is 13.8 Å². The quantitative estimate of drug-likeness (QED) is 0.748. The Labute approximate surface area is 134 Å². The lowest BCUT2D eigenvalue weighted by Crippen LogP contribution is -2.51. The van der Waals surface area contributed by atoms with E-state index < -0.39 is 18.0 Å². The van der Waals surface area contributed by atoms with Gasteiger partial charge in [0.05, 0.1) is 10.0 Å². The Bertz CT molecular complexity index is 535. The number of carbonyl (C=O) groups is 2. The number of hydrogen-bond acceptors (Lipinski definition) is 3. The van der Waals surface area contributed by atoms with Crippen LogP contribution in [-0.2, 0) is 9.59 Å². The largest absolute Gasteiger partial charge is 0.374 e. The van der Waals surface area contributed by atoms with Crippen molar-refractivity contribution in [3.63, 3.8) is 0 Å². The third-order valence-electron chi connectivity index (χ3n) is 2.97. The Hall–Kier alpha value is -1.46. The van der Waals surface area contributed by atoms with Gasteiger partial charge in [0.25, 0.3) is 0 Å². The molecule has 0 heterocycles. The zero-order chi connectivity index (χ0) is 16.2. The fourth-order valence-electron chi connectivity index (χ4n) is 1.75. The Morgan fingerprint density at radius 3 is 2.24 bits per heavy atom. The van der Waals surface area contributed by atoms with Crippen molar-refractivity contribution in [3.8, 4) is 0 Å². The van der Waals surface area contributed by atoms with E-state index in [0.717, 1.165) is 0 Å². The van der Waals surface area contributed by atoms with E-state index in [0.29, 0.717) is 15.7 Å². The van der Waals surface area contributed by atoms with Crippen molar-refractivity contribution in [3.05, 3.63) is 28.2 Å². The van der Waals surface area contributed by atoms with Crippen molar-refractivity contribution in [2.24, 2.45) is 11.7 Å². The first-order chi connectivity index (χ1) is 9.72. The fourth-order valence-corrected chi connectivity index (χ4v) is 2.04. The number of carbonyl (C=O) groups excluding carboxylic acids is 2. The Morgan fingerprint density at radius 1 is 1.14 bits per heavy atom. The van der Waals surface area contributed by atoms with Crippen molar-refractivity contribution in [2.75, 3.05) is 5.32 Å². The molecule has 0 bridgehead atoms. The average Bonchev–Trinajstić information content (AvgIpc) is 2.39. The van der Waals surface area contributed by atoms with Crippen LogP contribution in [0.5, 0.6) is 0 Å². The third kappa shape index (κ3) is 5.10. The number of primary amides is 1. The van der Waals surface area contributed by atoms with Crippen LogP contribution in [0.25, 0.3) is 0 Å². The summed E-state index contributed by atoms with van der Waals surface area (Å²) >= 11 is 11.7. The van der Waals surface area contributed by atoms with Crippen molar-refractivity contribution in [1.29, 1.82) is 0 Å². The van der Waals surface area contributed by atoms with Crippen LogP contribution in [0, 0.1) is 5.92 Å². The molecular formula is C14H19Cl2N3O2. The minimum absolute atomic E-state index is 0.0800. The maximum atomic E-state index is 12.1. The Balaban J connectivity index is 2.69. The molecule has 2 atom stereocenters. The maximum Gasteiger partial charge on any atom is 0.242 e. The minimum Gasteiger partial charge on any atom is -0.374 e. The number of benzene rings is 1. The molecule has 0 aliphatic carbocycles. The minimum atomic E-state index is -0.699. The first-order valence-electron chi connectivity index (χ1n) is 6.53. The molecule has 1 aromatic carbocycles. The van der Waals surface area contributed by atoms with Crippen molar-refractivity contribution < 1.29 is 9.59 Å². The Morgan fingerprint density at radius 2 is 1.76 bits per heavy atom. The lowest BCUT2D eigenvalue weighted by molar-refractivity contribution is -0.128. The fraction of sp³-hybridized carbons (Fsp3) is 0.429. The Kier molecular flexibility index (Phi) is 6.30. The molecule has 21 heavy (non-hydrogen) atoms. The molecule has 0 aliphatic rings. The lowest BCUT2D eigenvalue weighted by atomic mass is 10.0. The average molecular weight is 332 g/mol. The summed E-state index contributed by atoms with van der Waals surface area (Å²) in [5.41, 5.74) is 5.93. The summed E-state index contributed by atoms with van der Waals surface area (Å²) in [5, 5.41) is 6.45. The molecule has 0 saturated carbocycles. The molecule has 0 saturated heterocycles. The van der Waals surface area contributed by atoms with Crippen LogP contribution in [0.3, 0.4) is 0 Å². The molecule has 0 aliphatic heterocycles. The highest BCUT2D eigenvalue weighted by atomic mass is 35.5. The number of amides is 2. The number of rotatable bonds is 6. The van der Waals surface area contributed by atoms with Crippen molar-refractivity contribution >= 4 is 40.7 Å². The summed E-state index contributed by atoms with van der Waals surface area (Å²) in [4.78, 5) is 23.4. The van der Waals surface area contributed by atoms with Gasteiger partial charge in [0, 0.05) is 5.69 Å². The first-order valence-corrected chi connectivity index (χ1v) is 7.29. The molecule has 1 aromatic rings. The SMILES string of the molecule is CC(Nc1ccc(Cl)c(Cl)c1)C(=O)N[C@H](C(N)=O)C(C)C. The molecule has 5 nitrogen and oxygen atoms in total. The summed E-state index contributed by atoms with van der Waals surface area (Å²) in [7, 11) is 0. The van der Waals surface area contributed by atoms with E-state index >= 15 is 0 Å². The second kappa shape index (κ2) is 7.52. The van der Waals surface area contributed by atoms with Gasteiger partial charge >= 0.3 is 0 Å². The summed E-state index contributed by atoms with van der Waals surface area (Å²) in [6.45, 7) is 5.30. The maximum absolute atomic E-state index is 12.1. The predicted molar refractivity (Wildman–Crippen MR) is 85.5 cm³/mol. The standard InChI is InChI=1S/C14H19Cl2N3O2/c1-7(2)12(13(17)20)19-14(21)8(3)18-9-4-5-10(15)11(16)6-9/h4-8,12,18H,1-3H3,(H2,17,20)(H,19,21)/t8?,12-/m0/s1. The monoisotopic (exact) mass is 331 g/mol. The highest BCUT2D eigenvalue weighted by Crippen LogP contribution is 2.25. The molecule has 116 valence electrons. The number of hydrogen-bond donors (Lipinski definition) is 3. The zero-order valence-corrected chi connectivity index (χ0v) is 13.6. The van der Waals surface area contributed by atoms with Crippen LogP contribution in [0.1, 0.15) is 20.8 Å². The summed E-state index contributed by atoms with van der Waals surface area (Å²) < 4.78 is 0. The molecule has 2 amide bonds. The van der Waals surface area contributed by atoms with E-state index in [1.165, 1.54) is 0 Å². The first kappa shape index (κ1) is 17.6. The number of halogens is 2. The van der Waals surface area contributed by atoms with Gasteiger partial charge in [0.15, 0.2) is 0 Å². The van der Waals surface area contributed by atoms with E-state index in [2.05, 4.69) is 10.6 Å². The summed E-state index contributed by atoms with van der Waals surface area (Å²) in [6.07, 6.45) is 0. The van der Waals surface area contributed by atoms with Gasteiger partial charge in [0.1, 0.15) is 12.1 Å². The molecule has 4 N–H and O–H groups in total. The molecule has 7 heteroatoms. The van der Waals surface area contributed by atoms with Crippen molar-refractivity contribution in [1.82, 2.24) is 5.32 Å². The van der Waals surface area contributed by atoms with Gasteiger partial charge in [-0.3, -0.25) is 9.59 Å². The van der Waals surface area contributed by atoms with Gasteiger partial charge in [0.2, 0.25) is 11.8 Å². The van der Waals surface area contributed by atoms with Crippen LogP contribution < -0.4 is 16.4 Å². The van der Waals surface area contributed by atoms with E-state index in [1.54, 1.807) is 25.1 Å². The zero-order valence-electron chi connectivity index (χ0n) is 12.1. The van der Waals surface area contributed by atoms with E-state index in [9.17, 15) is 9.59 Å². The molecule has 1 rings (SSSR count). The van der Waals surface area contributed by atoms with Gasteiger partial charge in [-0.15, -0.1) is 0 Å². The smallest absolute Gasteiger partial charge is 0.242 e. The molecular weight excluding hydrogens is 313 g/mol. The van der Waals surface area contributed by atoms with Crippen LogP contribution >= 0.6 is 23.2 Å². The summed E-state index contributed by atoms with van der Waals surface area (Å²) in [6, 6.07) is 3.73. The van der Waals surface area contributed by atoms with E-state index in [-0.39, 0.29) is 11.8 Å². The molecule has 0 spiro atoms. The number of anilines is 1. The second-order valence-corrected chi connectivity index (χ2v) is 5.94. The highest BCUT2D eigenvalue weighted by molar-refractivity contribution is 6.42. The van der Waals surface area contributed by atoms with Crippen LogP contribution in [-0.4, -0.2) is 23.9 Å². The van der Waals surface area contributed by atoms with Gasteiger partial charge in [-0.25, -0.2) is 0 Å². The summed E-state index contributed by atoms with van der Waals surface area (Å²) in [5.74, 6) is -0.956. The van der Waals surface area contributed by atoms with Gasteiger partial charge < -0.3 is 16.4 Å². The molecule has 0 radical (unpaired) electrons. The topological polar surface area (TPSA) is 84.2 Å². The molecule has 0 aromatic heterocycles. The number of nitrogens with one attached hydrogen (secondary N) is 2. The van der Waals surface area contributed by atoms with Crippen LogP contribution in [0.15, 0.2) is 18.2 Å². The molecule has 0 fully saturated rings. The third-order valence-corrected chi connectivity index (χ3v) is 3.71. The van der Waals surface area contributed by atoms with Crippen LogP contribution in [0.2, 0.25) is 10.0 Å². The molecule has 1 unspecified atom stereocenters.